The molecule has 1 unspecified atom stereocenters. The third-order valence-electron chi connectivity index (χ3n) is 4.80. The predicted molar refractivity (Wildman–Crippen MR) is 91.0 cm³/mol. The SMILES string of the molecule is CNC(c1csc2ccccc12)C1(c2ccccc2)CC1. The summed E-state index contributed by atoms with van der Waals surface area (Å²) in [5.74, 6) is 0. The van der Waals surface area contributed by atoms with Crippen molar-refractivity contribution in [3.8, 4) is 0 Å². The van der Waals surface area contributed by atoms with Crippen LogP contribution in [0.15, 0.2) is 60.0 Å². The Bertz CT molecular complexity index is 755. The highest BCUT2D eigenvalue weighted by molar-refractivity contribution is 7.17. The van der Waals surface area contributed by atoms with Crippen molar-refractivity contribution in [3.05, 3.63) is 71.1 Å². The maximum absolute atomic E-state index is 3.60. The first-order chi connectivity index (χ1) is 10.3. The number of hydrogen-bond donors (Lipinski definition) is 1. The van der Waals surface area contributed by atoms with E-state index in [0.717, 1.165) is 0 Å². The zero-order valence-electron chi connectivity index (χ0n) is 12.2. The molecule has 1 atom stereocenters. The van der Waals surface area contributed by atoms with E-state index in [1.54, 1.807) is 0 Å². The lowest BCUT2D eigenvalue weighted by molar-refractivity contribution is 0.467. The summed E-state index contributed by atoms with van der Waals surface area (Å²) in [5.41, 5.74) is 3.21. The Balaban J connectivity index is 1.82. The molecule has 2 heteroatoms. The lowest BCUT2D eigenvalue weighted by atomic mass is 9.84. The number of fused-ring (bicyclic) bond motifs is 1. The molecule has 3 aromatic rings. The number of thiophene rings is 1. The van der Waals surface area contributed by atoms with Crippen LogP contribution in [0.3, 0.4) is 0 Å². The van der Waals surface area contributed by atoms with Crippen molar-refractivity contribution < 1.29 is 0 Å². The summed E-state index contributed by atoms with van der Waals surface area (Å²) in [5, 5.41) is 7.35. The van der Waals surface area contributed by atoms with E-state index in [1.165, 1.54) is 34.1 Å². The number of rotatable bonds is 4. The van der Waals surface area contributed by atoms with E-state index in [9.17, 15) is 0 Å². The van der Waals surface area contributed by atoms with Gasteiger partial charge in [0.1, 0.15) is 0 Å². The molecule has 2 aromatic carbocycles. The summed E-state index contributed by atoms with van der Waals surface area (Å²) in [4.78, 5) is 0. The summed E-state index contributed by atoms with van der Waals surface area (Å²) < 4.78 is 1.39. The first-order valence-corrected chi connectivity index (χ1v) is 8.42. The van der Waals surface area contributed by atoms with Crippen LogP contribution in [0.4, 0.5) is 0 Å². The molecule has 1 aliphatic rings. The van der Waals surface area contributed by atoms with E-state index in [2.05, 4.69) is 72.3 Å². The van der Waals surface area contributed by atoms with Crippen molar-refractivity contribution in [2.45, 2.75) is 24.3 Å². The van der Waals surface area contributed by atoms with Crippen molar-refractivity contribution in [1.29, 1.82) is 0 Å². The molecular weight excluding hydrogens is 274 g/mol. The Labute approximate surface area is 129 Å². The van der Waals surface area contributed by atoms with Crippen LogP contribution in [0, 0.1) is 0 Å². The van der Waals surface area contributed by atoms with Gasteiger partial charge in [-0.3, -0.25) is 0 Å². The van der Waals surface area contributed by atoms with Gasteiger partial charge in [0.15, 0.2) is 0 Å². The predicted octanol–water partition coefficient (Wildman–Crippen LogP) is 4.89. The maximum Gasteiger partial charge on any atom is 0.0430 e. The second kappa shape index (κ2) is 4.97. The van der Waals surface area contributed by atoms with Gasteiger partial charge in [-0.15, -0.1) is 11.3 Å². The average molecular weight is 293 g/mol. The minimum Gasteiger partial charge on any atom is -0.312 e. The van der Waals surface area contributed by atoms with Gasteiger partial charge in [0, 0.05) is 16.2 Å². The molecule has 0 amide bonds. The lowest BCUT2D eigenvalue weighted by Gasteiger charge is -2.27. The standard InChI is InChI=1S/C19H19NS/c1-20-18(16-13-21-17-10-6-5-9-15(16)17)19(11-12-19)14-7-3-2-4-8-14/h2-10,13,18,20H,11-12H2,1H3. The quantitative estimate of drug-likeness (QED) is 0.722. The van der Waals surface area contributed by atoms with E-state index < -0.39 is 0 Å². The zero-order valence-corrected chi connectivity index (χ0v) is 13.0. The van der Waals surface area contributed by atoms with Gasteiger partial charge in [-0.05, 0) is 47.8 Å². The summed E-state index contributed by atoms with van der Waals surface area (Å²) in [6.45, 7) is 0. The molecule has 0 radical (unpaired) electrons. The molecule has 0 bridgehead atoms. The third kappa shape index (κ3) is 2.02. The van der Waals surface area contributed by atoms with E-state index in [1.807, 2.05) is 11.3 Å². The van der Waals surface area contributed by atoms with Crippen LogP contribution in [0.2, 0.25) is 0 Å². The van der Waals surface area contributed by atoms with Crippen LogP contribution >= 0.6 is 11.3 Å². The van der Waals surface area contributed by atoms with E-state index in [0.29, 0.717) is 6.04 Å². The summed E-state index contributed by atoms with van der Waals surface area (Å²) >= 11 is 1.86. The first-order valence-electron chi connectivity index (χ1n) is 7.54. The van der Waals surface area contributed by atoms with Gasteiger partial charge in [0.05, 0.1) is 0 Å². The van der Waals surface area contributed by atoms with Crippen molar-refractivity contribution >= 4 is 21.4 Å². The number of benzene rings is 2. The van der Waals surface area contributed by atoms with Crippen LogP contribution in [0.1, 0.15) is 30.0 Å². The Morgan fingerprint density at radius 2 is 1.71 bits per heavy atom. The zero-order chi connectivity index (χ0) is 14.3. The molecule has 0 spiro atoms. The van der Waals surface area contributed by atoms with Gasteiger partial charge >= 0.3 is 0 Å². The summed E-state index contributed by atoms with van der Waals surface area (Å²) in [6, 6.07) is 20.1. The minimum absolute atomic E-state index is 0.278. The van der Waals surface area contributed by atoms with Gasteiger partial charge in [0.2, 0.25) is 0 Å². The molecule has 1 aromatic heterocycles. The molecule has 1 aliphatic carbocycles. The maximum atomic E-state index is 3.60. The van der Waals surface area contributed by atoms with Gasteiger partial charge in [-0.25, -0.2) is 0 Å². The average Bonchev–Trinajstić information content (AvgIpc) is 3.24. The van der Waals surface area contributed by atoms with Crippen LogP contribution in [-0.4, -0.2) is 7.05 Å². The topological polar surface area (TPSA) is 12.0 Å². The first kappa shape index (κ1) is 13.1. The summed E-state index contributed by atoms with van der Waals surface area (Å²) in [6.07, 6.45) is 2.54. The fraction of sp³-hybridized carbons (Fsp3) is 0.263. The minimum atomic E-state index is 0.278. The normalized spacial score (nSPS) is 17.8. The van der Waals surface area contributed by atoms with Crippen LogP contribution in [-0.2, 0) is 5.41 Å². The molecule has 106 valence electrons. The monoisotopic (exact) mass is 293 g/mol. The Hall–Kier alpha value is -1.64. The second-order valence-corrected chi connectivity index (χ2v) is 6.84. The largest absolute Gasteiger partial charge is 0.312 e. The van der Waals surface area contributed by atoms with E-state index in [4.69, 9.17) is 0 Å². The third-order valence-corrected chi connectivity index (χ3v) is 5.78. The Morgan fingerprint density at radius 3 is 2.43 bits per heavy atom. The Morgan fingerprint density at radius 1 is 1.00 bits per heavy atom. The van der Waals surface area contributed by atoms with Crippen LogP contribution in [0.5, 0.6) is 0 Å². The number of nitrogens with one attached hydrogen (secondary N) is 1. The summed E-state index contributed by atoms with van der Waals surface area (Å²) in [7, 11) is 2.10. The number of likely N-dealkylation sites (N-methyl/N-ethyl adjacent to an activating group) is 1. The van der Waals surface area contributed by atoms with Gasteiger partial charge in [-0.1, -0.05) is 48.5 Å². The smallest absolute Gasteiger partial charge is 0.0430 e. The second-order valence-electron chi connectivity index (χ2n) is 5.93. The lowest BCUT2D eigenvalue weighted by Crippen LogP contribution is -2.29. The fourth-order valence-electron chi connectivity index (χ4n) is 3.60. The fourth-order valence-corrected chi connectivity index (χ4v) is 4.59. The van der Waals surface area contributed by atoms with Crippen molar-refractivity contribution in [1.82, 2.24) is 5.32 Å². The van der Waals surface area contributed by atoms with Gasteiger partial charge in [-0.2, -0.15) is 0 Å². The highest BCUT2D eigenvalue weighted by atomic mass is 32.1. The molecular formula is C19H19NS. The van der Waals surface area contributed by atoms with Gasteiger partial charge in [0.25, 0.3) is 0 Å². The van der Waals surface area contributed by atoms with Gasteiger partial charge < -0.3 is 5.32 Å². The molecule has 0 aliphatic heterocycles. The van der Waals surface area contributed by atoms with Crippen molar-refractivity contribution in [3.63, 3.8) is 0 Å². The molecule has 1 fully saturated rings. The molecule has 1 nitrogen and oxygen atoms in total. The van der Waals surface area contributed by atoms with E-state index in [-0.39, 0.29) is 5.41 Å². The highest BCUT2D eigenvalue weighted by Gasteiger charge is 2.51. The molecule has 4 rings (SSSR count). The molecule has 1 N–H and O–H groups in total. The Kier molecular flexibility index (Phi) is 3.09. The number of hydrogen-bond acceptors (Lipinski definition) is 2. The molecule has 1 heterocycles. The van der Waals surface area contributed by atoms with Crippen molar-refractivity contribution in [2.24, 2.45) is 0 Å². The van der Waals surface area contributed by atoms with Crippen molar-refractivity contribution in [2.75, 3.05) is 7.05 Å². The van der Waals surface area contributed by atoms with Crippen LogP contribution < -0.4 is 5.32 Å². The van der Waals surface area contributed by atoms with Crippen LogP contribution in [0.25, 0.3) is 10.1 Å². The molecule has 0 saturated heterocycles. The molecule has 21 heavy (non-hydrogen) atoms. The van der Waals surface area contributed by atoms with E-state index >= 15 is 0 Å². The molecule has 1 saturated carbocycles. The highest BCUT2D eigenvalue weighted by Crippen LogP contribution is 2.57.